The Hall–Kier alpha value is -3.02. The van der Waals surface area contributed by atoms with Crippen LogP contribution in [0.2, 0.25) is 0 Å². The van der Waals surface area contributed by atoms with Gasteiger partial charge in [0.15, 0.2) is 6.61 Å². The first-order valence-corrected chi connectivity index (χ1v) is 7.40. The van der Waals surface area contributed by atoms with Gasteiger partial charge in [-0.15, -0.1) is 0 Å². The lowest BCUT2D eigenvalue weighted by Crippen LogP contribution is -2.30. The van der Waals surface area contributed by atoms with Crippen LogP contribution < -0.4 is 10.1 Å². The third-order valence-corrected chi connectivity index (χ3v) is 3.23. The van der Waals surface area contributed by atoms with Crippen molar-refractivity contribution in [2.45, 2.75) is 13.0 Å². The molecule has 1 aromatic heterocycles. The summed E-state index contributed by atoms with van der Waals surface area (Å²) in [6.07, 6.45) is 4.35. The number of hydrogen-bond donors (Lipinski definition) is 1. The predicted octanol–water partition coefficient (Wildman–Crippen LogP) is 2.72. The van der Waals surface area contributed by atoms with E-state index in [1.165, 1.54) is 12.3 Å². The summed E-state index contributed by atoms with van der Waals surface area (Å²) in [5.74, 6) is 0.261. The summed E-state index contributed by atoms with van der Waals surface area (Å²) in [6, 6.07) is 10.5. The number of amides is 1. The van der Waals surface area contributed by atoms with Crippen molar-refractivity contribution in [3.05, 3.63) is 60.1 Å². The second kappa shape index (κ2) is 8.57. The smallest absolute Gasteiger partial charge is 0.331 e. The van der Waals surface area contributed by atoms with E-state index < -0.39 is 11.9 Å². The lowest BCUT2D eigenvalue weighted by atomic mass is 10.2. The number of carbonyl (C=O) groups excluding carboxylic acids is 2. The summed E-state index contributed by atoms with van der Waals surface area (Å²) in [7, 11) is 1.55. The lowest BCUT2D eigenvalue weighted by molar-refractivity contribution is -0.144. The highest BCUT2D eigenvalue weighted by atomic mass is 16.5. The molecule has 2 rings (SSSR count). The Balaban J connectivity index is 1.80. The summed E-state index contributed by atoms with van der Waals surface area (Å²) in [6.45, 7) is 1.42. The van der Waals surface area contributed by atoms with E-state index in [0.717, 1.165) is 5.56 Å². The van der Waals surface area contributed by atoms with Gasteiger partial charge in [-0.2, -0.15) is 0 Å². The van der Waals surface area contributed by atoms with Gasteiger partial charge in [-0.3, -0.25) is 4.79 Å². The molecular weight excluding hydrogens is 310 g/mol. The van der Waals surface area contributed by atoms with E-state index in [0.29, 0.717) is 11.5 Å². The zero-order valence-corrected chi connectivity index (χ0v) is 13.5. The van der Waals surface area contributed by atoms with Gasteiger partial charge in [-0.25, -0.2) is 4.79 Å². The van der Waals surface area contributed by atoms with Crippen molar-refractivity contribution in [2.24, 2.45) is 0 Å². The fourth-order valence-corrected chi connectivity index (χ4v) is 2.04. The molecule has 2 aromatic rings. The van der Waals surface area contributed by atoms with Crippen LogP contribution in [0, 0.1) is 0 Å². The summed E-state index contributed by atoms with van der Waals surface area (Å²) in [4.78, 5) is 23.4. The van der Waals surface area contributed by atoms with Crippen LogP contribution in [-0.4, -0.2) is 25.6 Å². The number of rotatable bonds is 7. The highest BCUT2D eigenvalue weighted by Crippen LogP contribution is 2.18. The van der Waals surface area contributed by atoms with Gasteiger partial charge in [-0.05, 0) is 31.2 Å². The lowest BCUT2D eigenvalue weighted by Gasteiger charge is -2.11. The number of para-hydroxylation sites is 1. The minimum atomic E-state index is -0.610. The van der Waals surface area contributed by atoms with Crippen LogP contribution in [0.4, 0.5) is 0 Å². The Morgan fingerprint density at radius 2 is 2.04 bits per heavy atom. The maximum absolute atomic E-state index is 11.8. The van der Waals surface area contributed by atoms with E-state index in [2.05, 4.69) is 5.32 Å². The number of carbonyl (C=O) groups is 2. The quantitative estimate of drug-likeness (QED) is 0.624. The minimum Gasteiger partial charge on any atom is -0.496 e. The van der Waals surface area contributed by atoms with Crippen LogP contribution in [-0.2, 0) is 14.3 Å². The van der Waals surface area contributed by atoms with Gasteiger partial charge in [-0.1, -0.05) is 18.2 Å². The average molecular weight is 329 g/mol. The number of esters is 1. The monoisotopic (exact) mass is 329 g/mol. The molecule has 0 aliphatic rings. The Morgan fingerprint density at radius 1 is 1.25 bits per heavy atom. The van der Waals surface area contributed by atoms with Crippen molar-refractivity contribution >= 4 is 18.0 Å². The summed E-state index contributed by atoms with van der Waals surface area (Å²) in [5, 5.41) is 2.68. The van der Waals surface area contributed by atoms with Crippen molar-refractivity contribution in [3.63, 3.8) is 0 Å². The molecule has 0 bridgehead atoms. The van der Waals surface area contributed by atoms with Crippen molar-refractivity contribution in [2.75, 3.05) is 13.7 Å². The normalized spacial score (nSPS) is 11.9. The molecule has 1 aromatic carbocycles. The fourth-order valence-electron chi connectivity index (χ4n) is 2.04. The van der Waals surface area contributed by atoms with E-state index in [1.807, 2.05) is 12.1 Å². The first-order valence-electron chi connectivity index (χ1n) is 7.40. The van der Waals surface area contributed by atoms with Crippen molar-refractivity contribution in [1.82, 2.24) is 5.32 Å². The molecular formula is C18H19NO5. The molecule has 0 aliphatic heterocycles. The molecule has 0 saturated carbocycles. The molecule has 1 heterocycles. The molecule has 24 heavy (non-hydrogen) atoms. The second-order valence-corrected chi connectivity index (χ2v) is 4.99. The summed E-state index contributed by atoms with van der Waals surface area (Å²) >= 11 is 0. The molecule has 0 aliphatic carbocycles. The number of hydrogen-bond acceptors (Lipinski definition) is 5. The zero-order chi connectivity index (χ0) is 17.4. The Morgan fingerprint density at radius 3 is 2.75 bits per heavy atom. The zero-order valence-electron chi connectivity index (χ0n) is 13.5. The minimum absolute atomic E-state index is 0.296. The topological polar surface area (TPSA) is 77.8 Å². The Labute approximate surface area is 140 Å². The molecule has 6 heteroatoms. The van der Waals surface area contributed by atoms with Gasteiger partial charge >= 0.3 is 5.97 Å². The molecule has 0 radical (unpaired) electrons. The van der Waals surface area contributed by atoms with Crippen LogP contribution in [0.5, 0.6) is 5.75 Å². The first-order chi connectivity index (χ1) is 11.6. The molecule has 126 valence electrons. The molecule has 0 spiro atoms. The van der Waals surface area contributed by atoms with Crippen LogP contribution in [0.1, 0.15) is 24.3 Å². The van der Waals surface area contributed by atoms with E-state index in [4.69, 9.17) is 13.9 Å². The SMILES string of the molecule is COc1ccccc1/C=C/C(=O)OCC(=O)N[C@@H](C)c1ccco1. The molecule has 0 fully saturated rings. The number of ether oxygens (including phenoxy) is 2. The van der Waals surface area contributed by atoms with Crippen LogP contribution in [0.3, 0.4) is 0 Å². The highest BCUT2D eigenvalue weighted by Gasteiger charge is 2.12. The molecule has 1 amide bonds. The maximum Gasteiger partial charge on any atom is 0.331 e. The largest absolute Gasteiger partial charge is 0.496 e. The molecule has 1 atom stereocenters. The number of methoxy groups -OCH3 is 1. The van der Waals surface area contributed by atoms with Gasteiger partial charge in [0.1, 0.15) is 11.5 Å². The maximum atomic E-state index is 11.8. The average Bonchev–Trinajstić information content (AvgIpc) is 3.13. The van der Waals surface area contributed by atoms with Crippen LogP contribution in [0.25, 0.3) is 6.08 Å². The first kappa shape index (κ1) is 17.3. The number of nitrogens with one attached hydrogen (secondary N) is 1. The van der Waals surface area contributed by atoms with E-state index in [-0.39, 0.29) is 12.6 Å². The molecule has 0 unspecified atom stereocenters. The fraction of sp³-hybridized carbons (Fsp3) is 0.222. The van der Waals surface area contributed by atoms with Gasteiger partial charge in [0.2, 0.25) is 0 Å². The molecule has 1 N–H and O–H groups in total. The number of benzene rings is 1. The Bertz CT molecular complexity index is 706. The van der Waals surface area contributed by atoms with Crippen molar-refractivity contribution in [3.8, 4) is 5.75 Å². The number of furan rings is 1. The summed E-state index contributed by atoms with van der Waals surface area (Å²) in [5.41, 5.74) is 0.743. The third kappa shape index (κ3) is 5.01. The van der Waals surface area contributed by atoms with E-state index >= 15 is 0 Å². The van der Waals surface area contributed by atoms with Crippen molar-refractivity contribution < 1.29 is 23.5 Å². The highest BCUT2D eigenvalue weighted by molar-refractivity contribution is 5.89. The summed E-state index contributed by atoms with van der Waals surface area (Å²) < 4.78 is 15.3. The van der Waals surface area contributed by atoms with Gasteiger partial charge in [0.25, 0.3) is 5.91 Å². The molecule has 0 saturated heterocycles. The standard InChI is InChI=1S/C18H19NO5/c1-13(15-8-5-11-23-15)19-17(20)12-24-18(21)10-9-14-6-3-4-7-16(14)22-2/h3-11,13H,12H2,1-2H3,(H,19,20)/b10-9+/t13-/m0/s1. The van der Waals surface area contributed by atoms with Gasteiger partial charge in [0.05, 0.1) is 19.4 Å². The Kier molecular flexibility index (Phi) is 6.19. The van der Waals surface area contributed by atoms with E-state index in [9.17, 15) is 9.59 Å². The van der Waals surface area contributed by atoms with Crippen molar-refractivity contribution in [1.29, 1.82) is 0 Å². The van der Waals surface area contributed by atoms with Crippen LogP contribution >= 0.6 is 0 Å². The van der Waals surface area contributed by atoms with Gasteiger partial charge < -0.3 is 19.2 Å². The third-order valence-electron chi connectivity index (χ3n) is 3.23. The van der Waals surface area contributed by atoms with E-state index in [1.54, 1.807) is 44.4 Å². The second-order valence-electron chi connectivity index (χ2n) is 4.99. The predicted molar refractivity (Wildman–Crippen MR) is 88.3 cm³/mol. The van der Waals surface area contributed by atoms with Gasteiger partial charge in [0, 0.05) is 11.6 Å². The van der Waals surface area contributed by atoms with Crippen LogP contribution in [0.15, 0.2) is 53.2 Å². The molecule has 6 nitrogen and oxygen atoms in total.